The van der Waals surface area contributed by atoms with Gasteiger partial charge in [0.05, 0.1) is 13.7 Å². The van der Waals surface area contributed by atoms with E-state index in [1.165, 1.54) is 62.6 Å². The topological polar surface area (TPSA) is 76.7 Å². The number of carbonyl (C=O) groups is 2. The first-order chi connectivity index (χ1) is 13.6. The molecule has 2 aromatic carbocycles. The molecular formula is C19H18ClF3N2O4. The van der Waals surface area contributed by atoms with Crippen LogP contribution in [-0.4, -0.2) is 37.4 Å². The number of esters is 1. The van der Waals surface area contributed by atoms with Crippen molar-refractivity contribution in [3.05, 3.63) is 59.1 Å². The lowest BCUT2D eigenvalue weighted by Gasteiger charge is -2.35. The Labute approximate surface area is 169 Å². The molecular weight excluding hydrogens is 413 g/mol. The van der Waals surface area contributed by atoms with Crippen molar-refractivity contribution in [2.75, 3.05) is 19.0 Å². The molecule has 0 spiro atoms. The fraction of sp³-hybridized carbons (Fsp3) is 0.263. The van der Waals surface area contributed by atoms with Gasteiger partial charge in [-0.05, 0) is 55.5 Å². The number of amides is 1. The summed E-state index contributed by atoms with van der Waals surface area (Å²) in [6.45, 7) is 1.03. The number of hydrogen-bond acceptors (Lipinski definition) is 5. The minimum absolute atomic E-state index is 0.102. The molecule has 0 bridgehead atoms. The molecule has 0 aliphatic rings. The number of nitrogens with one attached hydrogen (secondary N) is 2. The summed E-state index contributed by atoms with van der Waals surface area (Å²) in [6, 6.07) is 10.5. The number of halogens is 4. The molecule has 1 amide bonds. The Morgan fingerprint density at radius 1 is 1.03 bits per heavy atom. The highest BCUT2D eigenvalue weighted by Gasteiger charge is 2.63. The summed E-state index contributed by atoms with van der Waals surface area (Å²) in [5.41, 5.74) is -3.73. The molecule has 0 saturated heterocycles. The average Bonchev–Trinajstić information content (AvgIpc) is 2.68. The molecule has 2 N–H and O–H groups in total. The highest BCUT2D eigenvalue weighted by atomic mass is 35.5. The van der Waals surface area contributed by atoms with E-state index < -0.39 is 23.7 Å². The molecule has 0 heterocycles. The van der Waals surface area contributed by atoms with Crippen LogP contribution in [0.4, 0.5) is 18.9 Å². The third kappa shape index (κ3) is 5.11. The van der Waals surface area contributed by atoms with Gasteiger partial charge in [-0.25, -0.2) is 4.79 Å². The van der Waals surface area contributed by atoms with Crippen molar-refractivity contribution in [1.82, 2.24) is 5.32 Å². The molecule has 0 saturated carbocycles. The maximum absolute atomic E-state index is 14.1. The summed E-state index contributed by atoms with van der Waals surface area (Å²) in [6.07, 6.45) is -5.24. The Bertz CT molecular complexity index is 857. The molecule has 10 heteroatoms. The molecule has 29 heavy (non-hydrogen) atoms. The number of rotatable bonds is 7. The van der Waals surface area contributed by atoms with Crippen LogP contribution in [0.5, 0.6) is 5.75 Å². The first-order valence-electron chi connectivity index (χ1n) is 8.37. The molecule has 0 aromatic heterocycles. The summed E-state index contributed by atoms with van der Waals surface area (Å²) in [5.74, 6) is -2.43. The van der Waals surface area contributed by atoms with E-state index in [9.17, 15) is 22.8 Å². The maximum Gasteiger partial charge on any atom is 0.441 e. The predicted octanol–water partition coefficient (Wildman–Crippen LogP) is 4.01. The molecule has 0 aliphatic heterocycles. The van der Waals surface area contributed by atoms with E-state index in [2.05, 4.69) is 10.1 Å². The van der Waals surface area contributed by atoms with E-state index in [4.69, 9.17) is 16.3 Å². The van der Waals surface area contributed by atoms with E-state index >= 15 is 0 Å². The van der Waals surface area contributed by atoms with Crippen LogP contribution < -0.4 is 15.4 Å². The Morgan fingerprint density at radius 3 is 2.10 bits per heavy atom. The lowest BCUT2D eigenvalue weighted by molar-refractivity contribution is -0.204. The second kappa shape index (κ2) is 9.04. The van der Waals surface area contributed by atoms with Gasteiger partial charge in [0.1, 0.15) is 5.75 Å². The van der Waals surface area contributed by atoms with Crippen molar-refractivity contribution in [2.45, 2.75) is 18.8 Å². The number of ether oxygens (including phenoxy) is 2. The Hall–Kier alpha value is -2.94. The fourth-order valence-electron chi connectivity index (χ4n) is 2.36. The van der Waals surface area contributed by atoms with Gasteiger partial charge >= 0.3 is 17.8 Å². The highest BCUT2D eigenvalue weighted by Crippen LogP contribution is 2.34. The minimum Gasteiger partial charge on any atom is -0.497 e. The zero-order valence-electron chi connectivity index (χ0n) is 15.5. The van der Waals surface area contributed by atoms with Crippen molar-refractivity contribution in [3.63, 3.8) is 0 Å². The van der Waals surface area contributed by atoms with Crippen LogP contribution in [0.25, 0.3) is 0 Å². The van der Waals surface area contributed by atoms with E-state index in [1.807, 2.05) is 0 Å². The van der Waals surface area contributed by atoms with Gasteiger partial charge in [-0.2, -0.15) is 13.2 Å². The number of benzene rings is 2. The zero-order chi connectivity index (χ0) is 21.7. The summed E-state index contributed by atoms with van der Waals surface area (Å²) < 4.78 is 51.8. The van der Waals surface area contributed by atoms with E-state index in [0.29, 0.717) is 5.75 Å². The van der Waals surface area contributed by atoms with Gasteiger partial charge in [0.15, 0.2) is 0 Å². The van der Waals surface area contributed by atoms with Crippen molar-refractivity contribution < 1.29 is 32.2 Å². The Morgan fingerprint density at radius 2 is 1.62 bits per heavy atom. The third-order valence-corrected chi connectivity index (χ3v) is 4.09. The SMILES string of the molecule is CCOC(=O)C(NC(=O)c1ccc(OC)cc1)(Nc1ccc(Cl)cc1)C(F)(F)F. The van der Waals surface area contributed by atoms with Gasteiger partial charge in [-0.1, -0.05) is 11.6 Å². The van der Waals surface area contributed by atoms with Gasteiger partial charge in [0.25, 0.3) is 5.91 Å². The van der Waals surface area contributed by atoms with E-state index in [0.717, 1.165) is 0 Å². The number of anilines is 1. The number of methoxy groups -OCH3 is 1. The fourth-order valence-corrected chi connectivity index (χ4v) is 2.49. The summed E-state index contributed by atoms with van der Waals surface area (Å²) in [5, 5.41) is 4.09. The van der Waals surface area contributed by atoms with Crippen molar-refractivity contribution in [1.29, 1.82) is 0 Å². The van der Waals surface area contributed by atoms with Crippen LogP contribution in [0.1, 0.15) is 17.3 Å². The summed E-state index contributed by atoms with van der Waals surface area (Å²) in [7, 11) is 1.40. The standard InChI is InChI=1S/C19H18ClF3N2O4/c1-3-29-17(27)18(19(21,22)23,24-14-8-6-13(20)7-9-14)25-16(26)12-4-10-15(28-2)11-5-12/h4-11,24H,3H2,1-2H3,(H,25,26). The van der Waals surface area contributed by atoms with Crippen LogP contribution in [0.3, 0.4) is 0 Å². The minimum atomic E-state index is -5.24. The molecule has 2 rings (SSSR count). The summed E-state index contributed by atoms with van der Waals surface area (Å²) >= 11 is 5.75. The smallest absolute Gasteiger partial charge is 0.441 e. The average molecular weight is 431 g/mol. The van der Waals surface area contributed by atoms with Crippen LogP contribution in [-0.2, 0) is 9.53 Å². The van der Waals surface area contributed by atoms with Crippen molar-refractivity contribution in [2.24, 2.45) is 0 Å². The molecule has 6 nitrogen and oxygen atoms in total. The molecule has 0 radical (unpaired) electrons. The molecule has 156 valence electrons. The largest absolute Gasteiger partial charge is 0.497 e. The maximum atomic E-state index is 14.1. The second-order valence-corrected chi connectivity index (χ2v) is 6.22. The highest BCUT2D eigenvalue weighted by molar-refractivity contribution is 6.30. The van der Waals surface area contributed by atoms with E-state index in [1.54, 1.807) is 5.32 Å². The third-order valence-electron chi connectivity index (χ3n) is 3.84. The first-order valence-corrected chi connectivity index (χ1v) is 8.75. The predicted molar refractivity (Wildman–Crippen MR) is 101 cm³/mol. The molecule has 0 aliphatic carbocycles. The lowest BCUT2D eigenvalue weighted by atomic mass is 10.1. The number of hydrogen-bond donors (Lipinski definition) is 2. The van der Waals surface area contributed by atoms with Gasteiger partial charge in [0, 0.05) is 16.3 Å². The monoisotopic (exact) mass is 430 g/mol. The first kappa shape index (κ1) is 22.4. The van der Waals surface area contributed by atoms with Crippen molar-refractivity contribution in [3.8, 4) is 5.75 Å². The van der Waals surface area contributed by atoms with Crippen LogP contribution in [0.2, 0.25) is 5.02 Å². The number of alkyl halides is 3. The summed E-state index contributed by atoms with van der Waals surface area (Å²) in [4.78, 5) is 24.9. The normalized spacial score (nSPS) is 13.2. The van der Waals surface area contributed by atoms with Gasteiger partial charge in [-0.15, -0.1) is 0 Å². The van der Waals surface area contributed by atoms with Gasteiger partial charge in [0.2, 0.25) is 0 Å². The van der Waals surface area contributed by atoms with Crippen LogP contribution in [0.15, 0.2) is 48.5 Å². The molecule has 2 aromatic rings. The zero-order valence-corrected chi connectivity index (χ0v) is 16.2. The molecule has 1 unspecified atom stereocenters. The molecule has 0 fully saturated rings. The van der Waals surface area contributed by atoms with Crippen LogP contribution >= 0.6 is 11.6 Å². The Balaban J connectivity index is 2.46. The van der Waals surface area contributed by atoms with Gasteiger partial charge in [-0.3, -0.25) is 4.79 Å². The Kier molecular flexibility index (Phi) is 6.97. The number of carbonyl (C=O) groups excluding carboxylic acids is 2. The van der Waals surface area contributed by atoms with E-state index in [-0.39, 0.29) is 22.9 Å². The van der Waals surface area contributed by atoms with Crippen LogP contribution in [0, 0.1) is 0 Å². The molecule has 1 atom stereocenters. The van der Waals surface area contributed by atoms with Crippen molar-refractivity contribution >= 4 is 29.2 Å². The quantitative estimate of drug-likeness (QED) is 0.512. The van der Waals surface area contributed by atoms with Gasteiger partial charge < -0.3 is 20.1 Å². The second-order valence-electron chi connectivity index (χ2n) is 5.78. The lowest BCUT2D eigenvalue weighted by Crippen LogP contribution is -2.69.